The van der Waals surface area contributed by atoms with Gasteiger partial charge in [-0.2, -0.15) is 0 Å². The zero-order valence-corrected chi connectivity index (χ0v) is 17.2. The maximum atomic E-state index is 12.7. The Morgan fingerprint density at radius 1 is 1.18 bits per heavy atom. The first-order valence-corrected chi connectivity index (χ1v) is 10.7. The Hall–Kier alpha value is -1.98. The van der Waals surface area contributed by atoms with E-state index in [1.165, 1.54) is 12.8 Å². The molecule has 0 bridgehead atoms. The highest BCUT2D eigenvalue weighted by atomic mass is 35.5. The smallest absolute Gasteiger partial charge is 0.255 e. The van der Waals surface area contributed by atoms with Crippen molar-refractivity contribution in [3.63, 3.8) is 0 Å². The molecule has 0 amide bonds. The molecule has 2 N–H and O–H groups in total. The van der Waals surface area contributed by atoms with Crippen molar-refractivity contribution in [3.05, 3.63) is 79.7 Å². The number of hydrogen-bond acceptors (Lipinski definition) is 3. The van der Waals surface area contributed by atoms with E-state index in [2.05, 4.69) is 39.3 Å². The largest absolute Gasteiger partial charge is 0.335 e. The first kappa shape index (κ1) is 19.3. The Kier molecular flexibility index (Phi) is 5.93. The van der Waals surface area contributed by atoms with Crippen molar-refractivity contribution in [2.75, 3.05) is 0 Å². The zero-order chi connectivity index (χ0) is 19.5. The summed E-state index contributed by atoms with van der Waals surface area (Å²) in [5.41, 5.74) is 2.25. The van der Waals surface area contributed by atoms with Crippen molar-refractivity contribution in [1.82, 2.24) is 15.0 Å². The summed E-state index contributed by atoms with van der Waals surface area (Å²) >= 11 is 11.5. The van der Waals surface area contributed by atoms with Crippen LogP contribution < -0.4 is 5.56 Å². The predicted octanol–water partition coefficient (Wildman–Crippen LogP) is 5.48. The molecule has 6 heteroatoms. The van der Waals surface area contributed by atoms with E-state index in [0.29, 0.717) is 39.3 Å². The van der Waals surface area contributed by atoms with Gasteiger partial charge in [-0.15, -0.1) is 0 Å². The normalized spacial score (nSPS) is 24.4. The molecule has 0 aliphatic heterocycles. The van der Waals surface area contributed by atoms with Crippen molar-refractivity contribution in [1.29, 1.82) is 0 Å². The highest BCUT2D eigenvalue weighted by Crippen LogP contribution is 2.40. The van der Waals surface area contributed by atoms with Crippen LogP contribution in [0.2, 0.25) is 5.02 Å². The van der Waals surface area contributed by atoms with Gasteiger partial charge in [0, 0.05) is 23.9 Å². The third-order valence-electron chi connectivity index (χ3n) is 6.05. The van der Waals surface area contributed by atoms with Gasteiger partial charge in [-0.25, -0.2) is 0 Å². The highest BCUT2D eigenvalue weighted by molar-refractivity contribution is 7.71. The average molecular weight is 414 g/mol. The summed E-state index contributed by atoms with van der Waals surface area (Å²) in [6.45, 7) is 0. The molecule has 2 aliphatic rings. The maximum absolute atomic E-state index is 12.7. The molecule has 0 saturated heterocycles. The lowest BCUT2D eigenvalue weighted by Crippen LogP contribution is -2.25. The second-order valence-electron chi connectivity index (χ2n) is 7.73. The third kappa shape index (κ3) is 4.20. The molecule has 0 radical (unpaired) electrons. The first-order chi connectivity index (χ1) is 13.6. The van der Waals surface area contributed by atoms with Crippen molar-refractivity contribution in [2.24, 2.45) is 11.8 Å². The van der Waals surface area contributed by atoms with Gasteiger partial charge in [-0.05, 0) is 74.2 Å². The Labute approximate surface area is 174 Å². The molecule has 28 heavy (non-hydrogen) atoms. The topological polar surface area (TPSA) is 61.5 Å². The van der Waals surface area contributed by atoms with Crippen LogP contribution in [0.1, 0.15) is 55.0 Å². The first-order valence-electron chi connectivity index (χ1n) is 9.90. The lowest BCUT2D eigenvalue weighted by Gasteiger charge is -2.33. The summed E-state index contributed by atoms with van der Waals surface area (Å²) in [5, 5.41) is 0.580. The molecule has 4 nitrogen and oxygen atoms in total. The van der Waals surface area contributed by atoms with E-state index < -0.39 is 0 Å². The highest BCUT2D eigenvalue weighted by Gasteiger charge is 2.29. The second kappa shape index (κ2) is 8.58. The van der Waals surface area contributed by atoms with Crippen LogP contribution in [0.4, 0.5) is 0 Å². The summed E-state index contributed by atoms with van der Waals surface area (Å²) < 4.78 is 0.387. The van der Waals surface area contributed by atoms with Gasteiger partial charge in [-0.1, -0.05) is 35.9 Å². The summed E-state index contributed by atoms with van der Waals surface area (Å²) in [5.74, 6) is 1.69. The molecule has 2 aromatic heterocycles. The van der Waals surface area contributed by atoms with Crippen LogP contribution in [-0.2, 0) is 6.42 Å². The van der Waals surface area contributed by atoms with Crippen molar-refractivity contribution in [3.8, 4) is 0 Å². The Balaban J connectivity index is 1.57. The molecule has 146 valence electrons. The van der Waals surface area contributed by atoms with Gasteiger partial charge in [0.25, 0.3) is 5.56 Å². The number of halogens is 1. The average Bonchev–Trinajstić information content (AvgIpc) is 2.72. The number of pyridine rings is 1. The molecular weight excluding hydrogens is 390 g/mol. The van der Waals surface area contributed by atoms with Crippen molar-refractivity contribution in [2.45, 2.75) is 44.4 Å². The Morgan fingerprint density at radius 2 is 2.00 bits per heavy atom. The van der Waals surface area contributed by atoms with E-state index >= 15 is 0 Å². The van der Waals surface area contributed by atoms with Gasteiger partial charge in [0.1, 0.15) is 0 Å². The SMILES string of the molecule is O=c1[nH]c(=S)[nH]c([C@H]2CC[C@H](C3C=CC=CC3)CC2)c1Cc1ncccc1Cl. The number of aromatic amines is 2. The van der Waals surface area contributed by atoms with Crippen LogP contribution in [0, 0.1) is 16.6 Å². The summed E-state index contributed by atoms with van der Waals surface area (Å²) in [7, 11) is 0. The van der Waals surface area contributed by atoms with E-state index in [4.69, 9.17) is 23.8 Å². The zero-order valence-electron chi connectivity index (χ0n) is 15.7. The van der Waals surface area contributed by atoms with Crippen LogP contribution >= 0.6 is 23.8 Å². The minimum absolute atomic E-state index is 0.136. The van der Waals surface area contributed by atoms with Gasteiger partial charge in [0.15, 0.2) is 4.77 Å². The lowest BCUT2D eigenvalue weighted by atomic mass is 9.72. The van der Waals surface area contributed by atoms with Gasteiger partial charge < -0.3 is 4.98 Å². The summed E-state index contributed by atoms with van der Waals surface area (Å²) in [6.07, 6.45) is 16.6. The van der Waals surface area contributed by atoms with Crippen molar-refractivity contribution >= 4 is 23.8 Å². The van der Waals surface area contributed by atoms with Gasteiger partial charge >= 0.3 is 0 Å². The minimum atomic E-state index is -0.136. The molecule has 0 spiro atoms. The molecule has 1 atom stereocenters. The Bertz CT molecular complexity index is 1010. The minimum Gasteiger partial charge on any atom is -0.335 e. The molecule has 1 unspecified atom stereocenters. The molecule has 1 saturated carbocycles. The molecule has 1 fully saturated rings. The Morgan fingerprint density at radius 3 is 2.71 bits per heavy atom. The fraction of sp³-hybridized carbons (Fsp3) is 0.409. The predicted molar refractivity (Wildman–Crippen MR) is 115 cm³/mol. The maximum Gasteiger partial charge on any atom is 0.255 e. The van der Waals surface area contributed by atoms with Crippen LogP contribution in [-0.4, -0.2) is 15.0 Å². The van der Waals surface area contributed by atoms with Gasteiger partial charge in [0.2, 0.25) is 0 Å². The molecular formula is C22H24ClN3OS. The molecule has 4 rings (SSSR count). The lowest BCUT2D eigenvalue weighted by molar-refractivity contribution is 0.262. The number of hydrogen-bond donors (Lipinski definition) is 2. The standard InChI is InChI=1S/C22H24ClN3OS/c23-18-7-4-12-24-19(18)13-17-20(25-22(28)26-21(17)27)16-10-8-15(9-11-16)14-5-2-1-3-6-14/h1-5,7,12,14-16H,6,8-11,13H2,(H2,25,26,27,28)/t14?,15-,16-. The van der Waals surface area contributed by atoms with Crippen molar-refractivity contribution < 1.29 is 0 Å². The van der Waals surface area contributed by atoms with Crippen LogP contribution in [0.25, 0.3) is 0 Å². The number of aromatic nitrogens is 3. The monoisotopic (exact) mass is 413 g/mol. The number of nitrogens with zero attached hydrogens (tertiary/aromatic N) is 1. The molecule has 0 aromatic carbocycles. The molecule has 2 heterocycles. The van der Waals surface area contributed by atoms with Crippen LogP contribution in [0.3, 0.4) is 0 Å². The summed E-state index contributed by atoms with van der Waals surface area (Å²) in [6, 6.07) is 3.60. The van der Waals surface area contributed by atoms with E-state index in [-0.39, 0.29) is 5.56 Å². The van der Waals surface area contributed by atoms with E-state index in [1.807, 2.05) is 0 Å². The molecule has 2 aliphatic carbocycles. The van der Waals surface area contributed by atoms with E-state index in [0.717, 1.165) is 30.9 Å². The number of rotatable bonds is 4. The van der Waals surface area contributed by atoms with E-state index in [9.17, 15) is 4.79 Å². The fourth-order valence-corrected chi connectivity index (χ4v) is 4.95. The number of nitrogens with one attached hydrogen (secondary N) is 2. The van der Waals surface area contributed by atoms with E-state index in [1.54, 1.807) is 18.3 Å². The second-order valence-corrected chi connectivity index (χ2v) is 8.55. The number of allylic oxidation sites excluding steroid dienone is 4. The van der Waals surface area contributed by atoms with Gasteiger partial charge in [-0.3, -0.25) is 14.8 Å². The summed E-state index contributed by atoms with van der Waals surface area (Å²) in [4.78, 5) is 23.1. The van der Waals surface area contributed by atoms with Crippen LogP contribution in [0.15, 0.2) is 47.4 Å². The van der Waals surface area contributed by atoms with Crippen LogP contribution in [0.5, 0.6) is 0 Å². The third-order valence-corrected chi connectivity index (χ3v) is 6.60. The van der Waals surface area contributed by atoms with Gasteiger partial charge in [0.05, 0.1) is 10.7 Å². The fourth-order valence-electron chi connectivity index (χ4n) is 4.56. The number of H-pyrrole nitrogens is 2. The molecule has 2 aromatic rings. The quantitative estimate of drug-likeness (QED) is 0.652.